The van der Waals surface area contributed by atoms with Gasteiger partial charge in [0.05, 0.1) is 5.39 Å². The predicted octanol–water partition coefficient (Wildman–Crippen LogP) is 5.00. The summed E-state index contributed by atoms with van der Waals surface area (Å²) in [5.74, 6) is -0.784. The average Bonchev–Trinajstić information content (AvgIpc) is 3.22. The molecular weight excluding hydrogens is 469 g/mol. The number of ether oxygens (including phenoxy) is 1. The fourth-order valence-corrected chi connectivity index (χ4v) is 4.22. The summed E-state index contributed by atoms with van der Waals surface area (Å²) in [4.78, 5) is 30.6. The number of aromatic nitrogens is 3. The second-order valence-electron chi connectivity index (χ2n) is 7.38. The molecule has 34 heavy (non-hydrogen) atoms. The number of fused-ring (bicyclic) bond motifs is 1. The Balaban J connectivity index is 1.50. The highest BCUT2D eigenvalue weighted by Gasteiger charge is 2.31. The molecule has 0 spiro atoms. The van der Waals surface area contributed by atoms with Crippen LogP contribution in [0, 0.1) is 0 Å². The summed E-state index contributed by atoms with van der Waals surface area (Å²) in [6.07, 6.45) is -2.05. The number of alkyl halides is 3. The smallest absolute Gasteiger partial charge is 0.406 e. The van der Waals surface area contributed by atoms with E-state index >= 15 is 0 Å². The quantitative estimate of drug-likeness (QED) is 0.396. The van der Waals surface area contributed by atoms with E-state index in [0.29, 0.717) is 35.3 Å². The summed E-state index contributed by atoms with van der Waals surface area (Å²) in [7, 11) is 0. The molecule has 0 radical (unpaired) electrons. The van der Waals surface area contributed by atoms with Crippen molar-refractivity contribution in [3.8, 4) is 5.75 Å². The van der Waals surface area contributed by atoms with Crippen LogP contribution in [0.3, 0.4) is 0 Å². The zero-order valence-corrected chi connectivity index (χ0v) is 18.7. The summed E-state index contributed by atoms with van der Waals surface area (Å²) in [5, 5.41) is 8.21. The van der Waals surface area contributed by atoms with Crippen LogP contribution in [0.5, 0.6) is 5.75 Å². The Morgan fingerprint density at radius 1 is 1.12 bits per heavy atom. The number of carbonyl (C=O) groups is 1. The lowest BCUT2D eigenvalue weighted by atomic mass is 10.1. The largest absolute Gasteiger partial charge is 0.573 e. The first-order valence-electron chi connectivity index (χ1n) is 10.3. The van der Waals surface area contributed by atoms with Crippen molar-refractivity contribution in [1.82, 2.24) is 14.8 Å². The van der Waals surface area contributed by atoms with Crippen LogP contribution >= 0.6 is 11.3 Å². The summed E-state index contributed by atoms with van der Waals surface area (Å²) in [6.45, 7) is 2.30. The number of benzene rings is 2. The number of rotatable bonds is 7. The van der Waals surface area contributed by atoms with Crippen LogP contribution < -0.4 is 15.6 Å². The molecule has 4 aromatic rings. The van der Waals surface area contributed by atoms with Crippen molar-refractivity contribution in [3.63, 3.8) is 0 Å². The fourth-order valence-electron chi connectivity index (χ4n) is 3.38. The van der Waals surface area contributed by atoms with Gasteiger partial charge in [-0.25, -0.2) is 9.67 Å². The lowest BCUT2D eigenvalue weighted by Gasteiger charge is -2.09. The molecule has 0 saturated carbocycles. The van der Waals surface area contributed by atoms with Crippen LogP contribution in [-0.2, 0) is 13.0 Å². The second kappa shape index (κ2) is 9.64. The Morgan fingerprint density at radius 3 is 2.50 bits per heavy atom. The lowest BCUT2D eigenvalue weighted by Crippen LogP contribution is -2.27. The number of hydrogen-bond acceptors (Lipinski definition) is 6. The highest BCUT2D eigenvalue weighted by atomic mass is 32.1. The van der Waals surface area contributed by atoms with Crippen molar-refractivity contribution < 1.29 is 22.7 Å². The van der Waals surface area contributed by atoms with Crippen molar-refractivity contribution in [2.24, 2.45) is 0 Å². The van der Waals surface area contributed by atoms with E-state index in [4.69, 9.17) is 0 Å². The Kier molecular flexibility index (Phi) is 6.64. The van der Waals surface area contributed by atoms with Crippen molar-refractivity contribution in [2.75, 3.05) is 5.32 Å². The van der Waals surface area contributed by atoms with E-state index in [1.807, 2.05) is 6.92 Å². The number of nitrogens with one attached hydrogen (secondary N) is 1. The predicted molar refractivity (Wildman–Crippen MR) is 122 cm³/mol. The first-order chi connectivity index (χ1) is 16.2. The normalized spacial score (nSPS) is 11.5. The van der Waals surface area contributed by atoms with Crippen molar-refractivity contribution in [3.05, 3.63) is 81.2 Å². The number of amides is 1. The van der Waals surface area contributed by atoms with Crippen molar-refractivity contribution in [2.45, 2.75) is 32.7 Å². The number of hydrogen-bond donors (Lipinski definition) is 1. The van der Waals surface area contributed by atoms with Crippen LogP contribution in [-0.4, -0.2) is 27.0 Å². The zero-order valence-electron chi connectivity index (χ0n) is 17.9. The number of nitrogens with zero attached hydrogens (tertiary/aromatic N) is 3. The molecule has 0 bridgehead atoms. The summed E-state index contributed by atoms with van der Waals surface area (Å²) < 4.78 is 42.1. The number of halogens is 3. The van der Waals surface area contributed by atoms with Gasteiger partial charge in [-0.2, -0.15) is 5.10 Å². The summed E-state index contributed by atoms with van der Waals surface area (Å²) in [6, 6.07) is 12.4. The molecule has 1 amide bonds. The van der Waals surface area contributed by atoms with E-state index in [1.54, 1.807) is 30.5 Å². The number of anilines is 1. The van der Waals surface area contributed by atoms with Gasteiger partial charge in [0.15, 0.2) is 10.8 Å². The van der Waals surface area contributed by atoms with E-state index in [0.717, 1.165) is 10.4 Å². The molecule has 0 atom stereocenters. The van der Waals surface area contributed by atoms with Gasteiger partial charge in [0.25, 0.3) is 11.5 Å². The molecule has 2 heterocycles. The van der Waals surface area contributed by atoms with Gasteiger partial charge in [-0.3, -0.25) is 14.9 Å². The van der Waals surface area contributed by atoms with Crippen LogP contribution in [0.25, 0.3) is 10.8 Å². The van der Waals surface area contributed by atoms with Crippen LogP contribution in [0.15, 0.2) is 59.5 Å². The first kappa shape index (κ1) is 23.4. The highest BCUT2D eigenvalue weighted by molar-refractivity contribution is 7.15. The number of carbonyl (C=O) groups excluding carboxylic acids is 1. The minimum Gasteiger partial charge on any atom is -0.406 e. The van der Waals surface area contributed by atoms with Crippen LogP contribution in [0.2, 0.25) is 0 Å². The summed E-state index contributed by atoms with van der Waals surface area (Å²) in [5.41, 5.74) is 0.633. The molecule has 0 aliphatic heterocycles. The third kappa shape index (κ3) is 5.42. The van der Waals surface area contributed by atoms with Gasteiger partial charge in [0.2, 0.25) is 0 Å². The molecule has 11 heteroatoms. The third-order valence-corrected chi connectivity index (χ3v) is 5.74. The fraction of sp³-hybridized carbons (Fsp3) is 0.217. The first-order valence-corrected chi connectivity index (χ1v) is 11.2. The van der Waals surface area contributed by atoms with Gasteiger partial charge in [-0.15, -0.1) is 24.5 Å². The lowest BCUT2D eigenvalue weighted by molar-refractivity contribution is -0.274. The molecule has 0 aliphatic rings. The molecule has 176 valence electrons. The molecule has 0 saturated heterocycles. The van der Waals surface area contributed by atoms with Gasteiger partial charge in [0, 0.05) is 29.4 Å². The maximum Gasteiger partial charge on any atom is 0.573 e. The van der Waals surface area contributed by atoms with Crippen molar-refractivity contribution >= 4 is 33.1 Å². The standard InChI is InChI=1S/C23H19F3N4O3S/c1-2-11-30-21(32)18-6-4-3-5-17(18)19(29-30)20(31)28-22-27-13-16(34-22)12-14-7-9-15(10-8-14)33-23(24,25)26/h3-10,13H,2,11-12H2,1H3,(H,27,28,31). The maximum absolute atomic E-state index is 13.0. The Bertz CT molecular complexity index is 1380. The molecule has 1 N–H and O–H groups in total. The molecule has 7 nitrogen and oxygen atoms in total. The minimum absolute atomic E-state index is 0.126. The number of thiazole rings is 1. The average molecular weight is 488 g/mol. The van der Waals surface area contributed by atoms with E-state index in [9.17, 15) is 22.8 Å². The van der Waals surface area contributed by atoms with E-state index in [2.05, 4.69) is 20.1 Å². The maximum atomic E-state index is 13.0. The van der Waals surface area contributed by atoms with Crippen molar-refractivity contribution in [1.29, 1.82) is 0 Å². The van der Waals surface area contributed by atoms with E-state index in [1.165, 1.54) is 40.3 Å². The van der Waals surface area contributed by atoms with E-state index in [-0.39, 0.29) is 17.0 Å². The molecule has 2 aromatic carbocycles. The monoisotopic (exact) mass is 488 g/mol. The molecule has 0 fully saturated rings. The molecule has 0 unspecified atom stereocenters. The third-order valence-electron chi connectivity index (χ3n) is 4.83. The van der Waals surface area contributed by atoms with Gasteiger partial charge in [-0.05, 0) is 30.2 Å². The Hall–Kier alpha value is -3.73. The van der Waals surface area contributed by atoms with E-state index < -0.39 is 12.3 Å². The Morgan fingerprint density at radius 2 is 1.82 bits per heavy atom. The van der Waals surface area contributed by atoms with Crippen LogP contribution in [0.4, 0.5) is 18.3 Å². The number of aryl methyl sites for hydroxylation is 1. The van der Waals surface area contributed by atoms with Gasteiger partial charge in [0.1, 0.15) is 5.75 Å². The topological polar surface area (TPSA) is 86.1 Å². The molecular formula is C23H19F3N4O3S. The second-order valence-corrected chi connectivity index (χ2v) is 8.49. The Labute approximate surface area is 195 Å². The molecule has 2 aromatic heterocycles. The molecule has 0 aliphatic carbocycles. The van der Waals surface area contributed by atoms with Gasteiger partial charge in [-0.1, -0.05) is 37.3 Å². The van der Waals surface area contributed by atoms with Gasteiger partial charge < -0.3 is 4.74 Å². The minimum atomic E-state index is -4.74. The zero-order chi connectivity index (χ0) is 24.3. The van der Waals surface area contributed by atoms with Crippen LogP contribution in [0.1, 0.15) is 34.3 Å². The highest BCUT2D eigenvalue weighted by Crippen LogP contribution is 2.26. The van der Waals surface area contributed by atoms with Gasteiger partial charge >= 0.3 is 6.36 Å². The molecule has 4 rings (SSSR count). The summed E-state index contributed by atoms with van der Waals surface area (Å²) >= 11 is 1.24. The SMILES string of the molecule is CCCn1nc(C(=O)Nc2ncc(Cc3ccc(OC(F)(F)F)cc3)s2)c2ccccc2c1=O.